The van der Waals surface area contributed by atoms with E-state index in [0.717, 1.165) is 18.5 Å². The number of hydrogen-bond acceptors (Lipinski definition) is 2. The van der Waals surface area contributed by atoms with E-state index >= 15 is 0 Å². The molecule has 0 atom stereocenters. The molecule has 2 aromatic rings. The van der Waals surface area contributed by atoms with E-state index in [1.165, 1.54) is 0 Å². The lowest BCUT2D eigenvalue weighted by atomic mass is 10.1. The number of carbonyl (C=O) groups is 1. The summed E-state index contributed by atoms with van der Waals surface area (Å²) >= 11 is 4.24. The van der Waals surface area contributed by atoms with Crippen LogP contribution in [0.3, 0.4) is 0 Å². The number of carboxylic acids is 1. The number of hydrogen-bond donors (Lipinski definition) is 1. The lowest BCUT2D eigenvalue weighted by Gasteiger charge is -2.06. The van der Waals surface area contributed by atoms with Crippen molar-refractivity contribution in [1.82, 2.24) is 0 Å². The molecule has 0 aliphatic heterocycles. The highest BCUT2D eigenvalue weighted by molar-refractivity contribution is 14.1. The van der Waals surface area contributed by atoms with Crippen LogP contribution in [0.1, 0.15) is 10.4 Å². The molecule has 0 bridgehead atoms. The molecule has 0 radical (unpaired) electrons. The first-order chi connectivity index (χ1) is 7.59. The topological polar surface area (TPSA) is 50.4 Å². The SMILES string of the molecule is O=C(O)c1cc(I)c(-c2ccco2)c(I)c1. The molecule has 0 amide bonds. The molecule has 0 aliphatic rings. The third kappa shape index (κ3) is 2.24. The van der Waals surface area contributed by atoms with Crippen LogP contribution in [-0.4, -0.2) is 11.1 Å². The quantitative estimate of drug-likeness (QED) is 0.723. The molecule has 5 heteroatoms. The summed E-state index contributed by atoms with van der Waals surface area (Å²) in [5.74, 6) is -0.160. The summed E-state index contributed by atoms with van der Waals surface area (Å²) in [5.41, 5.74) is 1.24. The maximum absolute atomic E-state index is 10.9. The summed E-state index contributed by atoms with van der Waals surface area (Å²) < 4.78 is 7.07. The van der Waals surface area contributed by atoms with E-state index in [2.05, 4.69) is 45.2 Å². The van der Waals surface area contributed by atoms with Gasteiger partial charge in [-0.25, -0.2) is 4.79 Å². The van der Waals surface area contributed by atoms with Gasteiger partial charge in [-0.1, -0.05) is 0 Å². The minimum absolute atomic E-state index is 0.295. The van der Waals surface area contributed by atoms with E-state index in [0.29, 0.717) is 5.56 Å². The van der Waals surface area contributed by atoms with Crippen molar-refractivity contribution in [2.45, 2.75) is 0 Å². The summed E-state index contributed by atoms with van der Waals surface area (Å²) in [4.78, 5) is 10.9. The molecule has 0 aliphatic carbocycles. The van der Waals surface area contributed by atoms with E-state index in [1.54, 1.807) is 18.4 Å². The molecule has 0 spiro atoms. The van der Waals surface area contributed by atoms with Crippen LogP contribution in [0.4, 0.5) is 0 Å². The van der Waals surface area contributed by atoms with Crippen LogP contribution in [0.15, 0.2) is 34.9 Å². The average molecular weight is 440 g/mol. The van der Waals surface area contributed by atoms with Crippen molar-refractivity contribution in [2.75, 3.05) is 0 Å². The van der Waals surface area contributed by atoms with Gasteiger partial charge in [0.2, 0.25) is 0 Å². The van der Waals surface area contributed by atoms with Crippen LogP contribution >= 0.6 is 45.2 Å². The van der Waals surface area contributed by atoms with E-state index in [9.17, 15) is 4.79 Å². The molecule has 0 saturated carbocycles. The Hall–Kier alpha value is -0.570. The van der Waals surface area contributed by atoms with Gasteiger partial charge in [0, 0.05) is 12.7 Å². The monoisotopic (exact) mass is 440 g/mol. The second-order valence-electron chi connectivity index (χ2n) is 3.10. The largest absolute Gasteiger partial charge is 0.478 e. The highest BCUT2D eigenvalue weighted by atomic mass is 127. The number of rotatable bonds is 2. The molecule has 2 rings (SSSR count). The molecule has 0 fully saturated rings. The standard InChI is InChI=1S/C11H6I2O3/c12-7-4-6(11(14)15)5-8(13)10(7)9-2-1-3-16-9/h1-5H,(H,14,15). The Morgan fingerprint density at radius 3 is 2.31 bits per heavy atom. The minimum Gasteiger partial charge on any atom is -0.478 e. The van der Waals surface area contributed by atoms with Crippen molar-refractivity contribution < 1.29 is 14.3 Å². The summed E-state index contributed by atoms with van der Waals surface area (Å²) in [6, 6.07) is 6.96. The molecule has 82 valence electrons. The molecular weight excluding hydrogens is 434 g/mol. The number of benzene rings is 1. The summed E-state index contributed by atoms with van der Waals surface area (Å²) in [6.07, 6.45) is 1.60. The Morgan fingerprint density at radius 2 is 1.88 bits per heavy atom. The van der Waals surface area contributed by atoms with Crippen molar-refractivity contribution in [2.24, 2.45) is 0 Å². The third-order valence-corrected chi connectivity index (χ3v) is 3.76. The number of furan rings is 1. The summed E-state index contributed by atoms with van der Waals surface area (Å²) in [7, 11) is 0. The second-order valence-corrected chi connectivity index (χ2v) is 5.42. The zero-order chi connectivity index (χ0) is 11.7. The Balaban J connectivity index is 2.61. The molecule has 16 heavy (non-hydrogen) atoms. The van der Waals surface area contributed by atoms with Crippen LogP contribution in [0.5, 0.6) is 0 Å². The fourth-order valence-corrected chi connectivity index (χ4v) is 3.65. The first-order valence-electron chi connectivity index (χ1n) is 4.36. The second kappa shape index (κ2) is 4.74. The Bertz CT molecular complexity index is 509. The highest BCUT2D eigenvalue weighted by Crippen LogP contribution is 2.31. The maximum atomic E-state index is 10.9. The molecular formula is C11H6I2O3. The fraction of sp³-hybridized carbons (Fsp3) is 0. The summed E-state index contributed by atoms with van der Waals surface area (Å²) in [6.45, 7) is 0. The van der Waals surface area contributed by atoms with Crippen molar-refractivity contribution >= 4 is 51.2 Å². The van der Waals surface area contributed by atoms with Gasteiger partial charge in [-0.15, -0.1) is 0 Å². The molecule has 1 aromatic carbocycles. The van der Waals surface area contributed by atoms with Gasteiger partial charge in [0.1, 0.15) is 5.76 Å². The van der Waals surface area contributed by atoms with Gasteiger partial charge in [0.15, 0.2) is 0 Å². The molecule has 1 heterocycles. The van der Waals surface area contributed by atoms with Crippen LogP contribution in [0.25, 0.3) is 11.3 Å². The van der Waals surface area contributed by atoms with Crippen molar-refractivity contribution in [1.29, 1.82) is 0 Å². The molecule has 0 saturated heterocycles. The molecule has 3 nitrogen and oxygen atoms in total. The zero-order valence-electron chi connectivity index (χ0n) is 7.91. The van der Waals surface area contributed by atoms with Crippen LogP contribution in [0, 0.1) is 7.14 Å². The predicted molar refractivity (Wildman–Crippen MR) is 76.5 cm³/mol. The fourth-order valence-electron chi connectivity index (χ4n) is 1.35. The number of halogens is 2. The van der Waals surface area contributed by atoms with Crippen LogP contribution in [-0.2, 0) is 0 Å². The van der Waals surface area contributed by atoms with Gasteiger partial charge < -0.3 is 9.52 Å². The van der Waals surface area contributed by atoms with E-state index in [-0.39, 0.29) is 0 Å². The Kier molecular flexibility index (Phi) is 3.53. The Morgan fingerprint density at radius 1 is 1.25 bits per heavy atom. The Labute approximate surface area is 119 Å². The number of aromatic carboxylic acids is 1. The lowest BCUT2D eigenvalue weighted by molar-refractivity contribution is 0.0696. The average Bonchev–Trinajstić information content (AvgIpc) is 2.69. The first kappa shape index (κ1) is 11.9. The van der Waals surface area contributed by atoms with Gasteiger partial charge >= 0.3 is 5.97 Å². The van der Waals surface area contributed by atoms with Crippen molar-refractivity contribution in [3.05, 3.63) is 43.2 Å². The molecule has 0 unspecified atom stereocenters. The van der Waals surface area contributed by atoms with Gasteiger partial charge in [-0.3, -0.25) is 0 Å². The van der Waals surface area contributed by atoms with Gasteiger partial charge in [0.25, 0.3) is 0 Å². The van der Waals surface area contributed by atoms with Crippen molar-refractivity contribution in [3.8, 4) is 11.3 Å². The molecule has 1 N–H and O–H groups in total. The van der Waals surface area contributed by atoms with E-state index in [1.807, 2.05) is 12.1 Å². The zero-order valence-corrected chi connectivity index (χ0v) is 12.2. The first-order valence-corrected chi connectivity index (χ1v) is 6.51. The van der Waals surface area contributed by atoms with Gasteiger partial charge in [0.05, 0.1) is 11.8 Å². The van der Waals surface area contributed by atoms with E-state index in [4.69, 9.17) is 9.52 Å². The smallest absolute Gasteiger partial charge is 0.335 e. The number of carboxylic acid groups (broad SMARTS) is 1. The normalized spacial score (nSPS) is 10.4. The van der Waals surface area contributed by atoms with E-state index < -0.39 is 5.97 Å². The maximum Gasteiger partial charge on any atom is 0.335 e. The summed E-state index contributed by atoms with van der Waals surface area (Å²) in [5, 5.41) is 8.93. The molecule has 1 aromatic heterocycles. The van der Waals surface area contributed by atoms with Crippen molar-refractivity contribution in [3.63, 3.8) is 0 Å². The lowest BCUT2D eigenvalue weighted by Crippen LogP contribution is -1.99. The minimum atomic E-state index is -0.915. The highest BCUT2D eigenvalue weighted by Gasteiger charge is 2.14. The predicted octanol–water partition coefficient (Wildman–Crippen LogP) is 3.85. The van der Waals surface area contributed by atoms with Gasteiger partial charge in [-0.2, -0.15) is 0 Å². The van der Waals surface area contributed by atoms with Crippen LogP contribution < -0.4 is 0 Å². The van der Waals surface area contributed by atoms with Gasteiger partial charge in [-0.05, 0) is 69.4 Å². The third-order valence-electron chi connectivity index (χ3n) is 2.06. The van der Waals surface area contributed by atoms with Crippen LogP contribution in [0.2, 0.25) is 0 Å².